The Bertz CT molecular complexity index is 359. The van der Waals surface area contributed by atoms with Crippen molar-refractivity contribution in [3.05, 3.63) is 72.8 Å². The van der Waals surface area contributed by atoms with Crippen LogP contribution in [0.5, 0.6) is 0 Å². The summed E-state index contributed by atoms with van der Waals surface area (Å²) in [7, 11) is 0. The Balaban J connectivity index is -0.000000309. The molecule has 0 aliphatic heterocycles. The maximum Gasteiger partial charge on any atom is 0.180 e. The molecule has 1 aliphatic rings. The number of rotatable bonds is 3. The number of hydrogen-bond donors (Lipinski definition) is 1. The van der Waals surface area contributed by atoms with Gasteiger partial charge >= 0.3 is 0 Å². The van der Waals surface area contributed by atoms with E-state index in [-0.39, 0.29) is 6.61 Å². The van der Waals surface area contributed by atoms with Crippen LogP contribution in [0.1, 0.15) is 85.0 Å². The number of aliphatic hydroxyl groups excluding tert-OH is 1. The van der Waals surface area contributed by atoms with Crippen LogP contribution in [0.3, 0.4) is 0 Å². The fraction of sp³-hybridized carbons (Fsp3) is 0.556. The highest BCUT2D eigenvalue weighted by Crippen LogP contribution is 2.15. The summed E-state index contributed by atoms with van der Waals surface area (Å²) in [5, 5.41) is 7.57. The van der Waals surface area contributed by atoms with Crippen molar-refractivity contribution in [2.24, 2.45) is 0 Å². The van der Waals surface area contributed by atoms with Gasteiger partial charge in [0.25, 0.3) is 0 Å². The van der Waals surface area contributed by atoms with E-state index in [1.807, 2.05) is 72.8 Å². The second-order valence-electron chi connectivity index (χ2n) is 6.70. The van der Waals surface area contributed by atoms with E-state index in [4.69, 9.17) is 39.9 Å². The third kappa shape index (κ3) is 53.0. The van der Waals surface area contributed by atoms with E-state index < -0.39 is 4.30 Å². The van der Waals surface area contributed by atoms with Gasteiger partial charge in [0.05, 0.1) is 0 Å². The summed E-state index contributed by atoms with van der Waals surface area (Å²) in [6, 6.07) is 24.0. The van der Waals surface area contributed by atoms with Crippen LogP contribution >= 0.6 is 34.8 Å². The third-order valence-corrected chi connectivity index (χ3v) is 3.79. The third-order valence-electron chi connectivity index (χ3n) is 3.79. The summed E-state index contributed by atoms with van der Waals surface area (Å²) in [6.07, 6.45) is 14.5. The zero-order valence-corrected chi connectivity index (χ0v) is 22.1. The van der Waals surface area contributed by atoms with Crippen LogP contribution in [0.25, 0.3) is 0 Å². The SMILES string of the molecule is C1CCCCC1.CCCCCC.CCO.ClC(Cl)Cl.c1ccccc1.c1ccccc1. The molecule has 1 aliphatic carbocycles. The van der Waals surface area contributed by atoms with Crippen molar-refractivity contribution >= 4 is 34.8 Å². The Hall–Kier alpha value is -0.730. The molecule has 2 aromatic rings. The fourth-order valence-electron chi connectivity index (χ4n) is 2.33. The molecule has 0 radical (unpaired) electrons. The second-order valence-corrected chi connectivity index (χ2v) is 8.68. The monoisotopic (exact) mass is 490 g/mol. The van der Waals surface area contributed by atoms with Gasteiger partial charge in [0.15, 0.2) is 4.30 Å². The van der Waals surface area contributed by atoms with Crippen molar-refractivity contribution in [1.82, 2.24) is 0 Å². The molecule has 180 valence electrons. The maximum absolute atomic E-state index is 7.57. The molecule has 0 unspecified atom stereocenters. The number of hydrogen-bond acceptors (Lipinski definition) is 1. The van der Waals surface area contributed by atoms with Crippen molar-refractivity contribution in [2.45, 2.75) is 89.3 Å². The number of unbranched alkanes of at least 4 members (excludes halogenated alkanes) is 3. The quantitative estimate of drug-likeness (QED) is 0.334. The molecule has 0 bridgehead atoms. The zero-order valence-electron chi connectivity index (χ0n) is 19.9. The van der Waals surface area contributed by atoms with E-state index in [9.17, 15) is 0 Å². The smallest absolute Gasteiger partial charge is 0.180 e. The highest BCUT2D eigenvalue weighted by Gasteiger charge is 1.95. The molecule has 1 nitrogen and oxygen atoms in total. The molecule has 1 N–H and O–H groups in total. The van der Waals surface area contributed by atoms with Crippen LogP contribution in [0, 0.1) is 0 Å². The summed E-state index contributed by atoms with van der Waals surface area (Å²) >= 11 is 14.4. The molecular formula is C27H45Cl3O. The van der Waals surface area contributed by atoms with Crippen molar-refractivity contribution in [3.8, 4) is 0 Å². The fourth-order valence-corrected chi connectivity index (χ4v) is 2.33. The van der Waals surface area contributed by atoms with Gasteiger partial charge in [0, 0.05) is 6.61 Å². The Morgan fingerprint density at radius 3 is 0.742 bits per heavy atom. The molecule has 3 rings (SSSR count). The van der Waals surface area contributed by atoms with Crippen molar-refractivity contribution < 1.29 is 5.11 Å². The lowest BCUT2D eigenvalue weighted by molar-refractivity contribution is 0.318. The summed E-state index contributed by atoms with van der Waals surface area (Å²) in [4.78, 5) is 0. The summed E-state index contributed by atoms with van der Waals surface area (Å²) in [5.74, 6) is 0. The first-order valence-electron chi connectivity index (χ1n) is 11.6. The molecule has 1 saturated carbocycles. The van der Waals surface area contributed by atoms with E-state index in [1.54, 1.807) is 6.92 Å². The van der Waals surface area contributed by atoms with E-state index in [1.165, 1.54) is 64.2 Å². The lowest BCUT2D eigenvalue weighted by Gasteiger charge is -2.05. The molecule has 0 heterocycles. The molecule has 0 atom stereocenters. The number of alkyl halides is 3. The van der Waals surface area contributed by atoms with Gasteiger partial charge < -0.3 is 5.11 Å². The summed E-state index contributed by atoms with van der Waals surface area (Å²) in [6.45, 7) is 6.39. The second kappa shape index (κ2) is 36.6. The minimum absolute atomic E-state index is 0.250. The van der Waals surface area contributed by atoms with Crippen LogP contribution in [0.2, 0.25) is 0 Å². The lowest BCUT2D eigenvalue weighted by atomic mass is 10.0. The molecule has 0 spiro atoms. The Morgan fingerprint density at radius 2 is 0.645 bits per heavy atom. The van der Waals surface area contributed by atoms with Crippen molar-refractivity contribution in [2.75, 3.05) is 6.61 Å². The van der Waals surface area contributed by atoms with Gasteiger partial charge in [-0.1, -0.05) is 186 Å². The maximum atomic E-state index is 7.57. The average Bonchev–Trinajstić information content (AvgIpc) is 2.82. The van der Waals surface area contributed by atoms with Crippen LogP contribution in [-0.4, -0.2) is 16.0 Å². The molecule has 0 aromatic heterocycles. The molecule has 0 amide bonds. The minimum atomic E-state index is -0.750. The van der Waals surface area contributed by atoms with Crippen molar-refractivity contribution in [1.29, 1.82) is 0 Å². The van der Waals surface area contributed by atoms with Gasteiger partial charge in [-0.3, -0.25) is 0 Å². The molecule has 1 fully saturated rings. The largest absolute Gasteiger partial charge is 0.397 e. The topological polar surface area (TPSA) is 20.2 Å². The van der Waals surface area contributed by atoms with Crippen LogP contribution in [0.15, 0.2) is 72.8 Å². The standard InChI is InChI=1S/C6H12.2C6H6.C6H14.C2H6O.CHCl3/c3*1-2-4-6-5-3-1;1-3-5-6-4-2;1-2-3;2-1(3)4/h1-6H2;2*1-6H;3-6H2,1-2H3;3H,2H2,1H3;1H. The van der Waals surface area contributed by atoms with Gasteiger partial charge in [-0.15, -0.1) is 0 Å². The van der Waals surface area contributed by atoms with E-state index in [2.05, 4.69) is 13.8 Å². The minimum Gasteiger partial charge on any atom is -0.397 e. The molecule has 31 heavy (non-hydrogen) atoms. The summed E-state index contributed by atoms with van der Waals surface area (Å²) in [5.41, 5.74) is 0. The van der Waals surface area contributed by atoms with Gasteiger partial charge in [-0.2, -0.15) is 0 Å². The predicted octanol–water partition coefficient (Wildman–Crippen LogP) is 10.3. The number of benzene rings is 2. The zero-order chi connectivity index (χ0) is 23.8. The highest BCUT2D eigenvalue weighted by molar-refractivity contribution is 6.63. The lowest BCUT2D eigenvalue weighted by Crippen LogP contribution is -1.85. The van der Waals surface area contributed by atoms with Crippen molar-refractivity contribution in [3.63, 3.8) is 0 Å². The number of aliphatic hydroxyl groups is 1. The van der Waals surface area contributed by atoms with E-state index in [0.717, 1.165) is 0 Å². The van der Waals surface area contributed by atoms with Gasteiger partial charge in [0.1, 0.15) is 0 Å². The van der Waals surface area contributed by atoms with E-state index >= 15 is 0 Å². The average molecular weight is 492 g/mol. The molecule has 0 saturated heterocycles. The van der Waals surface area contributed by atoms with Gasteiger partial charge in [-0.05, 0) is 6.92 Å². The molecule has 4 heteroatoms. The normalized spacial score (nSPS) is 11.2. The Kier molecular flexibility index (Phi) is 41.2. The molecular weight excluding hydrogens is 447 g/mol. The first-order valence-corrected chi connectivity index (χ1v) is 12.9. The van der Waals surface area contributed by atoms with Crippen LogP contribution < -0.4 is 0 Å². The first kappa shape index (κ1) is 34.9. The van der Waals surface area contributed by atoms with E-state index in [0.29, 0.717) is 0 Å². The van der Waals surface area contributed by atoms with Crippen LogP contribution in [-0.2, 0) is 0 Å². The van der Waals surface area contributed by atoms with Crippen LogP contribution in [0.4, 0.5) is 0 Å². The van der Waals surface area contributed by atoms with Gasteiger partial charge in [0.2, 0.25) is 0 Å². The Labute approximate surface area is 208 Å². The first-order chi connectivity index (χ1) is 15.1. The Morgan fingerprint density at radius 1 is 0.516 bits per heavy atom. The predicted molar refractivity (Wildman–Crippen MR) is 145 cm³/mol. The van der Waals surface area contributed by atoms with Gasteiger partial charge in [-0.25, -0.2) is 0 Å². The number of halogens is 3. The molecule has 2 aromatic carbocycles. The summed E-state index contributed by atoms with van der Waals surface area (Å²) < 4.78 is -0.750. The highest BCUT2D eigenvalue weighted by atomic mass is 35.6.